The Balaban J connectivity index is 1.75. The number of thiazole rings is 1. The minimum absolute atomic E-state index is 0.157. The third-order valence-corrected chi connectivity index (χ3v) is 5.70. The van der Waals surface area contributed by atoms with Crippen LogP contribution in [0.25, 0.3) is 33.9 Å². The smallest absolute Gasteiger partial charge is 0.345 e. The summed E-state index contributed by atoms with van der Waals surface area (Å²) in [5.41, 5.74) is 0.546. The van der Waals surface area contributed by atoms with Crippen LogP contribution in [0.1, 0.15) is 10.6 Å². The van der Waals surface area contributed by atoms with E-state index < -0.39 is 22.0 Å². The Kier molecular flexibility index (Phi) is 5.37. The molecule has 31 heavy (non-hydrogen) atoms. The second kappa shape index (κ2) is 8.14. The van der Waals surface area contributed by atoms with E-state index in [0.29, 0.717) is 27.2 Å². The molecular weight excluding hydrogens is 486 g/mol. The van der Waals surface area contributed by atoms with E-state index in [4.69, 9.17) is 4.42 Å². The van der Waals surface area contributed by atoms with Crippen molar-refractivity contribution in [1.82, 2.24) is 4.98 Å². The van der Waals surface area contributed by atoms with Gasteiger partial charge < -0.3 is 9.52 Å². The summed E-state index contributed by atoms with van der Waals surface area (Å²) in [5.74, 6) is -0.466. The lowest BCUT2D eigenvalue weighted by Crippen LogP contribution is -2.02. The highest BCUT2D eigenvalue weighted by Gasteiger charge is 2.16. The van der Waals surface area contributed by atoms with E-state index in [2.05, 4.69) is 20.9 Å². The van der Waals surface area contributed by atoms with Crippen molar-refractivity contribution in [2.75, 3.05) is 0 Å². The zero-order valence-corrected chi connectivity index (χ0v) is 17.8. The van der Waals surface area contributed by atoms with Crippen molar-refractivity contribution in [2.24, 2.45) is 0 Å². The maximum Gasteiger partial charge on any atom is 0.345 e. The van der Waals surface area contributed by atoms with Gasteiger partial charge in [0.15, 0.2) is 5.75 Å². The fourth-order valence-corrected chi connectivity index (χ4v) is 4.04. The lowest BCUT2D eigenvalue weighted by Gasteiger charge is -2.00. The van der Waals surface area contributed by atoms with E-state index >= 15 is 0 Å². The molecule has 0 amide bonds. The van der Waals surface area contributed by atoms with Gasteiger partial charge >= 0.3 is 11.3 Å². The standard InChI is InChI=1S/C21H10BrN3O5S/c22-14-2-4-19-12(7-14)8-15(21(27)30-19)16-10-31-20(24-16)13(9-23)5-11-1-3-18(26)17(6-11)25(28)29/h1-8,10,26H. The average Bonchev–Trinajstić information content (AvgIpc) is 3.22. The van der Waals surface area contributed by atoms with Crippen molar-refractivity contribution in [3.05, 3.63) is 83.4 Å². The first kappa shape index (κ1) is 20.5. The zero-order chi connectivity index (χ0) is 22.1. The predicted octanol–water partition coefficient (Wildman–Crippen LogP) is 5.36. The normalized spacial score (nSPS) is 11.4. The lowest BCUT2D eigenvalue weighted by atomic mass is 10.1. The molecule has 0 radical (unpaired) electrons. The fourth-order valence-electron chi connectivity index (χ4n) is 2.88. The highest BCUT2D eigenvalue weighted by atomic mass is 79.9. The van der Waals surface area contributed by atoms with Crippen LogP contribution >= 0.6 is 27.3 Å². The van der Waals surface area contributed by atoms with Crippen LogP contribution in [0.15, 0.2) is 61.5 Å². The Morgan fingerprint density at radius 3 is 2.84 bits per heavy atom. The molecule has 8 nitrogen and oxygen atoms in total. The van der Waals surface area contributed by atoms with E-state index in [-0.39, 0.29) is 11.1 Å². The average molecular weight is 496 g/mol. The SMILES string of the molecule is N#CC(=Cc1ccc(O)c([N+](=O)[O-])c1)c1nc(-c2cc3cc(Br)ccc3oc2=O)cs1. The van der Waals surface area contributed by atoms with Crippen LogP contribution < -0.4 is 5.63 Å². The van der Waals surface area contributed by atoms with Gasteiger partial charge in [0.25, 0.3) is 0 Å². The van der Waals surface area contributed by atoms with E-state index in [9.17, 15) is 25.3 Å². The minimum atomic E-state index is -0.711. The van der Waals surface area contributed by atoms with Crippen LogP contribution in [0.4, 0.5) is 5.69 Å². The monoisotopic (exact) mass is 495 g/mol. The van der Waals surface area contributed by atoms with Crippen molar-refractivity contribution >= 4 is 55.6 Å². The quantitative estimate of drug-likeness (QED) is 0.174. The van der Waals surface area contributed by atoms with Gasteiger partial charge in [-0.1, -0.05) is 22.0 Å². The molecule has 10 heteroatoms. The number of nitrogens with zero attached hydrogens (tertiary/aromatic N) is 3. The molecule has 0 spiro atoms. The van der Waals surface area contributed by atoms with E-state index in [1.165, 1.54) is 18.2 Å². The number of aromatic nitrogens is 1. The van der Waals surface area contributed by atoms with Crippen molar-refractivity contribution in [3.63, 3.8) is 0 Å². The topological polar surface area (TPSA) is 130 Å². The van der Waals surface area contributed by atoms with E-state index in [1.807, 2.05) is 12.1 Å². The van der Waals surface area contributed by atoms with Gasteiger partial charge in [0, 0.05) is 21.3 Å². The number of hydrogen-bond donors (Lipinski definition) is 1. The second-order valence-electron chi connectivity index (χ2n) is 6.34. The summed E-state index contributed by atoms with van der Waals surface area (Å²) in [4.78, 5) is 27.1. The number of phenols is 1. The molecule has 4 rings (SSSR count). The van der Waals surface area contributed by atoms with E-state index in [1.54, 1.807) is 23.6 Å². The summed E-state index contributed by atoms with van der Waals surface area (Å²) in [6, 6.07) is 12.7. The molecule has 1 N–H and O–H groups in total. The molecule has 0 aliphatic heterocycles. The predicted molar refractivity (Wildman–Crippen MR) is 120 cm³/mol. The molecule has 0 saturated carbocycles. The number of allylic oxidation sites excluding steroid dienone is 1. The van der Waals surface area contributed by atoms with Crippen molar-refractivity contribution in [2.45, 2.75) is 0 Å². The number of aromatic hydroxyl groups is 1. The number of phenolic OH excluding ortho intramolecular Hbond substituents is 1. The lowest BCUT2D eigenvalue weighted by molar-refractivity contribution is -0.385. The van der Waals surface area contributed by atoms with Crippen molar-refractivity contribution < 1.29 is 14.4 Å². The molecular formula is C21H10BrN3O5S. The van der Waals surface area contributed by atoms with Crippen LogP contribution in [0.2, 0.25) is 0 Å². The van der Waals surface area contributed by atoms with Gasteiger partial charge in [-0.25, -0.2) is 9.78 Å². The van der Waals surface area contributed by atoms with Crippen LogP contribution in [0.5, 0.6) is 5.75 Å². The third kappa shape index (κ3) is 4.09. The first-order chi connectivity index (χ1) is 14.9. The third-order valence-electron chi connectivity index (χ3n) is 4.33. The highest BCUT2D eigenvalue weighted by Crippen LogP contribution is 2.31. The summed E-state index contributed by atoms with van der Waals surface area (Å²) in [6.07, 6.45) is 1.43. The summed E-state index contributed by atoms with van der Waals surface area (Å²) in [7, 11) is 0. The zero-order valence-electron chi connectivity index (χ0n) is 15.4. The first-order valence-corrected chi connectivity index (χ1v) is 10.3. The summed E-state index contributed by atoms with van der Waals surface area (Å²) < 4.78 is 6.19. The number of fused-ring (bicyclic) bond motifs is 1. The molecule has 152 valence electrons. The Hall–Kier alpha value is -3.81. The molecule has 2 heterocycles. The van der Waals surface area contributed by atoms with Crippen LogP contribution in [0.3, 0.4) is 0 Å². The number of benzene rings is 2. The molecule has 0 saturated heterocycles. The minimum Gasteiger partial charge on any atom is -0.502 e. The number of nitriles is 1. The summed E-state index contributed by atoms with van der Waals surface area (Å²) >= 11 is 4.53. The van der Waals surface area contributed by atoms with Gasteiger partial charge in [0.05, 0.1) is 21.8 Å². The highest BCUT2D eigenvalue weighted by molar-refractivity contribution is 9.10. The Labute approximate surface area is 186 Å². The molecule has 4 aromatic rings. The first-order valence-electron chi connectivity index (χ1n) is 8.64. The Bertz CT molecular complexity index is 1480. The van der Waals surface area contributed by atoms with Crippen molar-refractivity contribution in [3.8, 4) is 23.1 Å². The maximum absolute atomic E-state index is 12.4. The Morgan fingerprint density at radius 2 is 2.10 bits per heavy atom. The molecule has 0 unspecified atom stereocenters. The molecule has 0 atom stereocenters. The largest absolute Gasteiger partial charge is 0.502 e. The number of halogens is 1. The Morgan fingerprint density at radius 1 is 1.29 bits per heavy atom. The fraction of sp³-hybridized carbons (Fsp3) is 0. The van der Waals surface area contributed by atoms with Crippen LogP contribution in [-0.2, 0) is 0 Å². The molecule has 0 aliphatic carbocycles. The van der Waals surface area contributed by atoms with Gasteiger partial charge in [-0.15, -0.1) is 11.3 Å². The molecule has 0 fully saturated rings. The summed E-state index contributed by atoms with van der Waals surface area (Å²) in [5, 5.41) is 32.8. The van der Waals surface area contributed by atoms with Crippen molar-refractivity contribution in [1.29, 1.82) is 5.26 Å². The molecule has 0 aliphatic rings. The number of hydrogen-bond acceptors (Lipinski definition) is 8. The maximum atomic E-state index is 12.4. The summed E-state index contributed by atoms with van der Waals surface area (Å²) in [6.45, 7) is 0. The number of nitro groups is 1. The van der Waals surface area contributed by atoms with Crippen LogP contribution in [-0.4, -0.2) is 15.0 Å². The van der Waals surface area contributed by atoms with Gasteiger partial charge in [-0.2, -0.15) is 5.26 Å². The van der Waals surface area contributed by atoms with Gasteiger partial charge in [0.1, 0.15) is 16.7 Å². The van der Waals surface area contributed by atoms with Gasteiger partial charge in [-0.05, 0) is 42.0 Å². The molecule has 2 aromatic carbocycles. The van der Waals surface area contributed by atoms with E-state index in [0.717, 1.165) is 21.9 Å². The van der Waals surface area contributed by atoms with Gasteiger partial charge in [0.2, 0.25) is 0 Å². The molecule has 0 bridgehead atoms. The second-order valence-corrected chi connectivity index (χ2v) is 8.12. The van der Waals surface area contributed by atoms with Gasteiger partial charge in [-0.3, -0.25) is 10.1 Å². The number of rotatable bonds is 4. The molecule has 2 aromatic heterocycles. The van der Waals surface area contributed by atoms with Crippen LogP contribution in [0, 0.1) is 21.4 Å². The number of nitro benzene ring substituents is 1.